The Balaban J connectivity index is 1.58. The van der Waals surface area contributed by atoms with Gasteiger partial charge in [0.1, 0.15) is 0 Å². The zero-order valence-electron chi connectivity index (χ0n) is 14.5. The molecule has 1 aliphatic rings. The molecule has 0 saturated heterocycles. The van der Waals surface area contributed by atoms with Crippen LogP contribution < -0.4 is 21.1 Å². The van der Waals surface area contributed by atoms with Crippen LogP contribution >= 0.6 is 0 Å². The number of primary sulfonamides is 1. The molecular weight excluding hydrogens is 368 g/mol. The van der Waals surface area contributed by atoms with Crippen LogP contribution in [0.3, 0.4) is 0 Å². The molecule has 0 aliphatic carbocycles. The minimum absolute atomic E-state index is 0.0975. The second kappa shape index (κ2) is 7.37. The highest BCUT2D eigenvalue weighted by Crippen LogP contribution is 2.30. The van der Waals surface area contributed by atoms with E-state index in [0.717, 1.165) is 11.3 Å². The summed E-state index contributed by atoms with van der Waals surface area (Å²) >= 11 is 0. The van der Waals surface area contributed by atoms with Crippen LogP contribution in [0.15, 0.2) is 47.4 Å². The predicted molar refractivity (Wildman–Crippen MR) is 102 cm³/mol. The summed E-state index contributed by atoms with van der Waals surface area (Å²) in [6.07, 6.45) is 0.975. The van der Waals surface area contributed by atoms with Gasteiger partial charge in [0, 0.05) is 36.4 Å². The van der Waals surface area contributed by atoms with Gasteiger partial charge in [-0.3, -0.25) is 9.59 Å². The quantitative estimate of drug-likeness (QED) is 0.673. The summed E-state index contributed by atoms with van der Waals surface area (Å²) in [4.78, 5) is 25.3. The van der Waals surface area contributed by atoms with E-state index < -0.39 is 15.9 Å². The molecular formula is C18H20N4O4S. The number of nitrogens with one attached hydrogen (secondary N) is 1. The molecule has 0 spiro atoms. The summed E-state index contributed by atoms with van der Waals surface area (Å²) in [6.45, 7) is 1.22. The number of anilines is 2. The first-order chi connectivity index (χ1) is 12.7. The number of benzene rings is 2. The molecule has 9 heteroatoms. The molecule has 3 rings (SSSR count). The van der Waals surface area contributed by atoms with E-state index in [0.29, 0.717) is 30.8 Å². The Morgan fingerprint density at radius 1 is 1.11 bits per heavy atom. The normalized spacial score (nSPS) is 13.3. The van der Waals surface area contributed by atoms with E-state index in [9.17, 15) is 18.0 Å². The number of amides is 2. The molecule has 2 aromatic rings. The lowest BCUT2D eigenvalue weighted by Crippen LogP contribution is -2.26. The molecule has 0 saturated carbocycles. The molecule has 0 bridgehead atoms. The summed E-state index contributed by atoms with van der Waals surface area (Å²) in [5, 5.41) is 7.93. The van der Waals surface area contributed by atoms with Gasteiger partial charge in [0.25, 0.3) is 0 Å². The lowest BCUT2D eigenvalue weighted by Gasteiger charge is -2.19. The first-order valence-corrected chi connectivity index (χ1v) is 9.89. The van der Waals surface area contributed by atoms with Gasteiger partial charge in [0.05, 0.1) is 4.90 Å². The number of primary amides is 1. The monoisotopic (exact) mass is 388 g/mol. The maximum absolute atomic E-state index is 12.2. The van der Waals surface area contributed by atoms with Crippen LogP contribution in [0.2, 0.25) is 0 Å². The van der Waals surface area contributed by atoms with Crippen molar-refractivity contribution in [3.05, 3.63) is 53.6 Å². The Hall–Kier alpha value is -2.91. The third-order valence-corrected chi connectivity index (χ3v) is 5.34. The zero-order chi connectivity index (χ0) is 19.6. The van der Waals surface area contributed by atoms with Gasteiger partial charge in [-0.05, 0) is 54.4 Å². The predicted octanol–water partition coefficient (Wildman–Crippen LogP) is 0.824. The SMILES string of the molecule is NC(=O)c1ccc(NC(=O)CCN2CCc3cc(S(N)(=O)=O)ccc32)cc1. The van der Waals surface area contributed by atoms with Crippen LogP contribution in [0.25, 0.3) is 0 Å². The summed E-state index contributed by atoms with van der Waals surface area (Å²) < 4.78 is 22.9. The number of carbonyl (C=O) groups excluding carboxylic acids is 2. The molecule has 5 N–H and O–H groups in total. The largest absolute Gasteiger partial charge is 0.370 e. The van der Waals surface area contributed by atoms with E-state index in [-0.39, 0.29) is 17.2 Å². The third kappa shape index (κ3) is 4.44. The van der Waals surface area contributed by atoms with Crippen LogP contribution in [-0.4, -0.2) is 33.3 Å². The van der Waals surface area contributed by atoms with Crippen LogP contribution in [0.4, 0.5) is 11.4 Å². The van der Waals surface area contributed by atoms with Crippen LogP contribution in [0, 0.1) is 0 Å². The van der Waals surface area contributed by atoms with E-state index in [1.54, 1.807) is 36.4 Å². The van der Waals surface area contributed by atoms with Gasteiger partial charge in [0.15, 0.2) is 0 Å². The highest BCUT2D eigenvalue weighted by Gasteiger charge is 2.21. The fraction of sp³-hybridized carbons (Fsp3) is 0.222. The van der Waals surface area contributed by atoms with Gasteiger partial charge < -0.3 is 16.0 Å². The molecule has 8 nitrogen and oxygen atoms in total. The Labute approximate surface area is 157 Å². The minimum Gasteiger partial charge on any atom is -0.370 e. The van der Waals surface area contributed by atoms with Gasteiger partial charge in [0.2, 0.25) is 21.8 Å². The van der Waals surface area contributed by atoms with Crippen molar-refractivity contribution in [1.29, 1.82) is 0 Å². The third-order valence-electron chi connectivity index (χ3n) is 4.43. The molecule has 0 aromatic heterocycles. The molecule has 27 heavy (non-hydrogen) atoms. The molecule has 1 aliphatic heterocycles. The van der Waals surface area contributed by atoms with Gasteiger partial charge in [-0.25, -0.2) is 13.6 Å². The van der Waals surface area contributed by atoms with Gasteiger partial charge in [-0.2, -0.15) is 0 Å². The number of rotatable bonds is 6. The van der Waals surface area contributed by atoms with Crippen molar-refractivity contribution in [2.75, 3.05) is 23.3 Å². The lowest BCUT2D eigenvalue weighted by molar-refractivity contribution is -0.116. The molecule has 1 heterocycles. The molecule has 0 unspecified atom stereocenters. The smallest absolute Gasteiger partial charge is 0.248 e. The summed E-state index contributed by atoms with van der Waals surface area (Å²) in [5.41, 5.74) is 7.97. The van der Waals surface area contributed by atoms with E-state index in [1.807, 2.05) is 4.90 Å². The average molecular weight is 388 g/mol. The topological polar surface area (TPSA) is 136 Å². The number of sulfonamides is 1. The van der Waals surface area contributed by atoms with Crippen molar-refractivity contribution in [1.82, 2.24) is 0 Å². The molecule has 0 radical (unpaired) electrons. The highest BCUT2D eigenvalue weighted by molar-refractivity contribution is 7.89. The van der Waals surface area contributed by atoms with Crippen molar-refractivity contribution in [3.8, 4) is 0 Å². The average Bonchev–Trinajstić information content (AvgIpc) is 3.02. The lowest BCUT2D eigenvalue weighted by atomic mass is 10.2. The molecule has 142 valence electrons. The van der Waals surface area contributed by atoms with Crippen LogP contribution in [0.5, 0.6) is 0 Å². The first-order valence-electron chi connectivity index (χ1n) is 8.34. The van der Waals surface area contributed by atoms with Crippen LogP contribution in [-0.2, 0) is 21.2 Å². The molecule has 0 atom stereocenters. The van der Waals surface area contributed by atoms with Crippen molar-refractivity contribution < 1.29 is 18.0 Å². The number of hydrogen-bond donors (Lipinski definition) is 3. The Morgan fingerprint density at radius 2 is 1.81 bits per heavy atom. The van der Waals surface area contributed by atoms with Crippen LogP contribution in [0.1, 0.15) is 22.3 Å². The van der Waals surface area contributed by atoms with Gasteiger partial charge in [-0.15, -0.1) is 0 Å². The fourth-order valence-electron chi connectivity index (χ4n) is 3.03. The van der Waals surface area contributed by atoms with Crippen molar-refractivity contribution >= 4 is 33.2 Å². The Kier molecular flexibility index (Phi) is 5.15. The Bertz CT molecular complexity index is 987. The molecule has 2 aromatic carbocycles. The minimum atomic E-state index is -3.72. The number of nitrogens with zero attached hydrogens (tertiary/aromatic N) is 1. The highest BCUT2D eigenvalue weighted by atomic mass is 32.2. The van der Waals surface area contributed by atoms with Crippen molar-refractivity contribution in [3.63, 3.8) is 0 Å². The summed E-state index contributed by atoms with van der Waals surface area (Å²) in [5.74, 6) is -0.678. The van der Waals surface area contributed by atoms with Crippen molar-refractivity contribution in [2.45, 2.75) is 17.7 Å². The summed E-state index contributed by atoms with van der Waals surface area (Å²) in [6, 6.07) is 11.1. The van der Waals surface area contributed by atoms with E-state index in [2.05, 4.69) is 5.32 Å². The first kappa shape index (κ1) is 18.9. The van der Waals surface area contributed by atoms with Gasteiger partial charge >= 0.3 is 0 Å². The van der Waals surface area contributed by atoms with Gasteiger partial charge in [-0.1, -0.05) is 0 Å². The molecule has 0 fully saturated rings. The molecule has 2 amide bonds. The second-order valence-corrected chi connectivity index (χ2v) is 7.87. The number of nitrogens with two attached hydrogens (primary N) is 2. The Morgan fingerprint density at radius 3 is 2.44 bits per heavy atom. The fourth-order valence-corrected chi connectivity index (χ4v) is 3.60. The number of fused-ring (bicyclic) bond motifs is 1. The standard InChI is InChI=1S/C18H20N4O4S/c19-18(24)12-1-3-14(4-2-12)21-17(23)8-10-22-9-7-13-11-15(27(20,25)26)5-6-16(13)22/h1-6,11H,7-10H2,(H2,19,24)(H,21,23)(H2,20,25,26). The van der Waals surface area contributed by atoms with E-state index in [1.165, 1.54) is 6.07 Å². The van der Waals surface area contributed by atoms with E-state index in [4.69, 9.17) is 10.9 Å². The maximum atomic E-state index is 12.2. The summed E-state index contributed by atoms with van der Waals surface area (Å²) in [7, 11) is -3.72. The van der Waals surface area contributed by atoms with Crippen molar-refractivity contribution in [2.24, 2.45) is 10.9 Å². The number of hydrogen-bond acceptors (Lipinski definition) is 5. The number of carbonyl (C=O) groups is 2. The van der Waals surface area contributed by atoms with E-state index >= 15 is 0 Å². The maximum Gasteiger partial charge on any atom is 0.248 e. The zero-order valence-corrected chi connectivity index (χ0v) is 15.3. The second-order valence-electron chi connectivity index (χ2n) is 6.31.